The summed E-state index contributed by atoms with van der Waals surface area (Å²) in [4.78, 5) is 15.6. The van der Waals surface area contributed by atoms with Crippen LogP contribution in [-0.2, 0) is 11.3 Å². The van der Waals surface area contributed by atoms with Gasteiger partial charge in [-0.15, -0.1) is 11.8 Å². The third kappa shape index (κ3) is 2.82. The van der Waals surface area contributed by atoms with E-state index in [1.807, 2.05) is 47.4 Å². The Morgan fingerprint density at radius 2 is 1.95 bits per heavy atom. The molecule has 1 aliphatic rings. The second-order valence-corrected chi connectivity index (χ2v) is 6.28. The quantitative estimate of drug-likeness (QED) is 0.927. The van der Waals surface area contributed by atoms with Crippen LogP contribution in [0, 0.1) is 6.92 Å². The van der Waals surface area contributed by atoms with Crippen molar-refractivity contribution >= 4 is 23.4 Å². The minimum atomic E-state index is -0.453. The number of benzene rings is 2. The highest BCUT2D eigenvalue weighted by molar-refractivity contribution is 7.99. The molecule has 0 saturated carbocycles. The third-order valence-corrected chi connectivity index (χ3v) is 5.00. The van der Waals surface area contributed by atoms with Gasteiger partial charge in [0.15, 0.2) is 0 Å². The van der Waals surface area contributed by atoms with Gasteiger partial charge in [-0.25, -0.2) is 0 Å². The second kappa shape index (κ2) is 5.92. The van der Waals surface area contributed by atoms with Gasteiger partial charge in [-0.05, 0) is 24.1 Å². The van der Waals surface area contributed by atoms with Crippen LogP contribution in [0.2, 0.25) is 0 Å². The lowest BCUT2D eigenvalue weighted by atomic mass is 10.1. The monoisotopic (exact) mass is 298 g/mol. The Labute approximate surface area is 129 Å². The van der Waals surface area contributed by atoms with Gasteiger partial charge in [-0.3, -0.25) is 4.79 Å². The van der Waals surface area contributed by atoms with Gasteiger partial charge in [0, 0.05) is 10.6 Å². The maximum Gasteiger partial charge on any atom is 0.245 e. The smallest absolute Gasteiger partial charge is 0.245 e. The first kappa shape index (κ1) is 14.2. The number of hydrogen-bond donors (Lipinski definition) is 1. The summed E-state index contributed by atoms with van der Waals surface area (Å²) in [6.45, 7) is 2.64. The van der Waals surface area contributed by atoms with Crippen LogP contribution in [0.1, 0.15) is 11.1 Å². The molecule has 108 valence electrons. The number of aryl methyl sites for hydroxylation is 1. The molecule has 2 N–H and O–H groups in total. The van der Waals surface area contributed by atoms with E-state index in [4.69, 9.17) is 5.73 Å². The van der Waals surface area contributed by atoms with Crippen LogP contribution in [-0.4, -0.2) is 17.7 Å². The van der Waals surface area contributed by atoms with E-state index >= 15 is 0 Å². The second-order valence-electron chi connectivity index (χ2n) is 5.25. The molecule has 3 nitrogen and oxygen atoms in total. The molecule has 0 aromatic heterocycles. The summed E-state index contributed by atoms with van der Waals surface area (Å²) in [5.74, 6) is 0.623. The van der Waals surface area contributed by atoms with Gasteiger partial charge in [0.25, 0.3) is 0 Å². The Hall–Kier alpha value is -1.78. The zero-order valence-electron chi connectivity index (χ0n) is 12.0. The topological polar surface area (TPSA) is 46.3 Å². The Balaban J connectivity index is 2.03. The molecule has 4 heteroatoms. The maximum atomic E-state index is 12.6. The zero-order valence-corrected chi connectivity index (χ0v) is 12.8. The maximum absolute atomic E-state index is 12.6. The zero-order chi connectivity index (χ0) is 14.8. The van der Waals surface area contributed by atoms with Crippen molar-refractivity contribution in [3.05, 3.63) is 59.7 Å². The van der Waals surface area contributed by atoms with E-state index < -0.39 is 6.04 Å². The van der Waals surface area contributed by atoms with Gasteiger partial charge in [0.1, 0.15) is 0 Å². The average molecular weight is 298 g/mol. The van der Waals surface area contributed by atoms with Crippen molar-refractivity contribution < 1.29 is 4.79 Å². The number of carbonyl (C=O) groups is 1. The average Bonchev–Trinajstić information content (AvgIpc) is 2.62. The Morgan fingerprint density at radius 3 is 2.71 bits per heavy atom. The standard InChI is InChI=1S/C17H18N2OS/c1-12-6-5-9-15-16(12)21-11-14(18)17(20)19(15)10-13-7-3-2-4-8-13/h2-9,14H,10-11,18H2,1H3. The van der Waals surface area contributed by atoms with Gasteiger partial charge >= 0.3 is 0 Å². The first-order valence-electron chi connectivity index (χ1n) is 7.00. The summed E-state index contributed by atoms with van der Waals surface area (Å²) < 4.78 is 0. The molecule has 0 spiro atoms. The van der Waals surface area contributed by atoms with E-state index in [0.29, 0.717) is 12.3 Å². The number of thioether (sulfide) groups is 1. The fourth-order valence-electron chi connectivity index (χ4n) is 2.53. The minimum absolute atomic E-state index is 0.00398. The first-order chi connectivity index (χ1) is 10.2. The summed E-state index contributed by atoms with van der Waals surface area (Å²) in [7, 11) is 0. The van der Waals surface area contributed by atoms with E-state index in [0.717, 1.165) is 16.1 Å². The molecule has 2 aromatic rings. The predicted octanol–water partition coefficient (Wildman–Crippen LogP) is 2.96. The van der Waals surface area contributed by atoms with Gasteiger partial charge in [-0.1, -0.05) is 42.5 Å². The number of fused-ring (bicyclic) bond motifs is 1. The van der Waals surface area contributed by atoms with E-state index in [2.05, 4.69) is 13.0 Å². The predicted molar refractivity (Wildman–Crippen MR) is 87.5 cm³/mol. The molecule has 1 atom stereocenters. The van der Waals surface area contributed by atoms with Gasteiger partial charge in [0.2, 0.25) is 5.91 Å². The summed E-state index contributed by atoms with van der Waals surface area (Å²) in [5, 5.41) is 0. The molecule has 0 fully saturated rings. The van der Waals surface area contributed by atoms with Crippen molar-refractivity contribution in [3.8, 4) is 0 Å². The van der Waals surface area contributed by atoms with E-state index in [1.54, 1.807) is 11.8 Å². The molecule has 3 rings (SSSR count). The van der Waals surface area contributed by atoms with Crippen molar-refractivity contribution in [1.82, 2.24) is 0 Å². The van der Waals surface area contributed by atoms with Crippen LogP contribution in [0.5, 0.6) is 0 Å². The molecule has 0 saturated heterocycles. The molecule has 0 radical (unpaired) electrons. The van der Waals surface area contributed by atoms with E-state index in [9.17, 15) is 4.79 Å². The summed E-state index contributed by atoms with van der Waals surface area (Å²) in [6, 6.07) is 15.7. The fourth-order valence-corrected chi connectivity index (χ4v) is 3.64. The minimum Gasteiger partial charge on any atom is -0.319 e. The van der Waals surface area contributed by atoms with Gasteiger partial charge in [-0.2, -0.15) is 0 Å². The third-order valence-electron chi connectivity index (χ3n) is 3.66. The molecular weight excluding hydrogens is 280 g/mol. The normalized spacial score (nSPS) is 18.3. The molecule has 0 aliphatic carbocycles. The lowest BCUT2D eigenvalue weighted by Gasteiger charge is -2.25. The number of hydrogen-bond acceptors (Lipinski definition) is 3. The number of amides is 1. The van der Waals surface area contributed by atoms with E-state index in [-0.39, 0.29) is 5.91 Å². The van der Waals surface area contributed by atoms with Crippen molar-refractivity contribution in [3.63, 3.8) is 0 Å². The highest BCUT2D eigenvalue weighted by Gasteiger charge is 2.29. The SMILES string of the molecule is Cc1cccc2c1SCC(N)C(=O)N2Cc1ccccc1. The van der Waals surface area contributed by atoms with Crippen LogP contribution in [0.3, 0.4) is 0 Å². The lowest BCUT2D eigenvalue weighted by molar-refractivity contribution is -0.119. The lowest BCUT2D eigenvalue weighted by Crippen LogP contribution is -2.43. The molecule has 1 aliphatic heterocycles. The number of nitrogens with two attached hydrogens (primary N) is 1. The molecule has 1 heterocycles. The highest BCUT2D eigenvalue weighted by atomic mass is 32.2. The fraction of sp³-hybridized carbons (Fsp3) is 0.235. The molecule has 1 unspecified atom stereocenters. The van der Waals surface area contributed by atoms with Crippen LogP contribution < -0.4 is 10.6 Å². The summed E-state index contributed by atoms with van der Waals surface area (Å²) in [5.41, 5.74) is 9.31. The van der Waals surface area contributed by atoms with Gasteiger partial charge < -0.3 is 10.6 Å². The van der Waals surface area contributed by atoms with Crippen molar-refractivity contribution in [2.45, 2.75) is 24.4 Å². The van der Waals surface area contributed by atoms with Crippen LogP contribution in [0.4, 0.5) is 5.69 Å². The van der Waals surface area contributed by atoms with E-state index in [1.165, 1.54) is 5.56 Å². The van der Waals surface area contributed by atoms with Crippen molar-refractivity contribution in [1.29, 1.82) is 0 Å². The van der Waals surface area contributed by atoms with Crippen molar-refractivity contribution in [2.24, 2.45) is 5.73 Å². The number of nitrogens with zero attached hydrogens (tertiary/aromatic N) is 1. The number of anilines is 1. The highest BCUT2D eigenvalue weighted by Crippen LogP contribution is 2.37. The number of carbonyl (C=O) groups excluding carboxylic acids is 1. The summed E-state index contributed by atoms with van der Waals surface area (Å²) >= 11 is 1.67. The Morgan fingerprint density at radius 1 is 1.19 bits per heavy atom. The molecule has 2 aromatic carbocycles. The molecule has 1 amide bonds. The van der Waals surface area contributed by atoms with Crippen LogP contribution in [0.25, 0.3) is 0 Å². The first-order valence-corrected chi connectivity index (χ1v) is 7.98. The number of rotatable bonds is 2. The molecular formula is C17H18N2OS. The Kier molecular flexibility index (Phi) is 3.99. The summed E-state index contributed by atoms with van der Waals surface area (Å²) in [6.07, 6.45) is 0. The Bertz CT molecular complexity index is 657. The van der Waals surface area contributed by atoms with Crippen LogP contribution in [0.15, 0.2) is 53.4 Å². The largest absolute Gasteiger partial charge is 0.319 e. The molecule has 0 bridgehead atoms. The van der Waals surface area contributed by atoms with Gasteiger partial charge in [0.05, 0.1) is 18.3 Å². The van der Waals surface area contributed by atoms with Crippen molar-refractivity contribution in [2.75, 3.05) is 10.7 Å². The molecule has 21 heavy (non-hydrogen) atoms. The van der Waals surface area contributed by atoms with Crippen LogP contribution >= 0.6 is 11.8 Å².